The van der Waals surface area contributed by atoms with E-state index in [1.807, 2.05) is 29.6 Å². The van der Waals surface area contributed by atoms with Crippen LogP contribution in [0.25, 0.3) is 0 Å². The quantitative estimate of drug-likeness (QED) is 0.764. The summed E-state index contributed by atoms with van der Waals surface area (Å²) in [6.07, 6.45) is 0. The normalized spacial score (nSPS) is 12.4. The summed E-state index contributed by atoms with van der Waals surface area (Å²) in [5.41, 5.74) is 0. The Morgan fingerprint density at radius 1 is 1.41 bits per heavy atom. The minimum atomic E-state index is -0.762. The van der Waals surface area contributed by atoms with E-state index in [0.29, 0.717) is 0 Å². The Bertz CT molecular complexity index is 619. The number of hydrogen-bond acceptors (Lipinski definition) is 2. The van der Waals surface area contributed by atoms with E-state index in [9.17, 15) is 4.79 Å². The molecule has 17 heavy (non-hydrogen) atoms. The first kappa shape index (κ1) is 12.1. The molecule has 0 aliphatic heterocycles. The number of aliphatic carboxylic acids is 1. The number of hydrogen-bond donors (Lipinski definition) is 1. The smallest absolute Gasteiger partial charge is 0.311 e. The number of carboxylic acids is 1. The van der Waals surface area contributed by atoms with Crippen molar-refractivity contribution in [2.45, 2.75) is 12.8 Å². The molecule has 1 unspecified atom stereocenters. The molecule has 1 aromatic heterocycles. The molecule has 88 valence electrons. The van der Waals surface area contributed by atoms with Crippen molar-refractivity contribution < 1.29 is 9.90 Å². The number of carboxylic acid groups (broad SMARTS) is 1. The van der Waals surface area contributed by atoms with Crippen molar-refractivity contribution in [3.8, 4) is 0 Å². The van der Waals surface area contributed by atoms with Crippen molar-refractivity contribution in [1.82, 2.24) is 0 Å². The molecular formula is C13H11ClO2S. The summed E-state index contributed by atoms with van der Waals surface area (Å²) in [5.74, 6) is -1.12. The van der Waals surface area contributed by atoms with Gasteiger partial charge in [0.25, 0.3) is 0 Å². The van der Waals surface area contributed by atoms with Crippen LogP contribution in [0.15, 0.2) is 35.7 Å². The first-order chi connectivity index (χ1) is 8.09. The predicted molar refractivity (Wildman–Crippen MR) is 69.5 cm³/mol. The van der Waals surface area contributed by atoms with Gasteiger partial charge >= 0.3 is 5.97 Å². The third kappa shape index (κ3) is 2.51. The van der Waals surface area contributed by atoms with Gasteiger partial charge in [0.05, 0.1) is 5.92 Å². The maximum absolute atomic E-state index is 10.4. The van der Waals surface area contributed by atoms with Crippen LogP contribution in [0.4, 0.5) is 0 Å². The zero-order valence-electron chi connectivity index (χ0n) is 9.18. The second-order valence-electron chi connectivity index (χ2n) is 3.77. The van der Waals surface area contributed by atoms with E-state index in [4.69, 9.17) is 16.7 Å². The Labute approximate surface area is 108 Å². The molecule has 0 aromatic carbocycles. The summed E-state index contributed by atoms with van der Waals surface area (Å²) in [7, 11) is 0. The molecule has 0 saturated carbocycles. The number of benzene rings is 1. The lowest BCUT2D eigenvalue weighted by atomic mass is 10.1. The molecule has 2 aliphatic carbocycles. The summed E-state index contributed by atoms with van der Waals surface area (Å²) < 4.78 is 0. The number of thiophene rings is 1. The fourth-order valence-corrected chi connectivity index (χ4v) is 2.47. The standard InChI is InChI=1S/C7H8O2S.C6H3Cl/c1-5(7(8)9)6-3-2-4-10-6;7-6-3-4-1-2-5(4)6/h2-5H,1H3,(H,8,9);1-3H. The molecule has 0 fully saturated rings. The van der Waals surface area contributed by atoms with Crippen LogP contribution in [0, 0.1) is 10.4 Å². The second kappa shape index (κ2) is 4.90. The van der Waals surface area contributed by atoms with Gasteiger partial charge in [0, 0.05) is 15.1 Å². The van der Waals surface area contributed by atoms with E-state index in [1.165, 1.54) is 21.8 Å². The van der Waals surface area contributed by atoms with Gasteiger partial charge in [-0.2, -0.15) is 0 Å². The van der Waals surface area contributed by atoms with Crippen molar-refractivity contribution in [1.29, 1.82) is 0 Å². The van der Waals surface area contributed by atoms with Crippen LogP contribution in [-0.4, -0.2) is 11.1 Å². The molecule has 0 amide bonds. The molecule has 3 rings (SSSR count). The molecule has 0 spiro atoms. The lowest BCUT2D eigenvalue weighted by Crippen LogP contribution is -2.04. The minimum absolute atomic E-state index is 0.361. The van der Waals surface area contributed by atoms with Gasteiger partial charge in [0.1, 0.15) is 0 Å². The zero-order chi connectivity index (χ0) is 12.4. The highest BCUT2D eigenvalue weighted by atomic mass is 35.5. The van der Waals surface area contributed by atoms with E-state index in [-0.39, 0.29) is 5.92 Å². The fraction of sp³-hybridized carbons (Fsp3) is 0.154. The highest BCUT2D eigenvalue weighted by Crippen LogP contribution is 2.20. The molecule has 2 aliphatic rings. The third-order valence-corrected chi connectivity index (χ3v) is 3.99. The SMILES string of the molecule is CC(C(=O)O)c1cccs1.Clc1cc2ccc1=2. The lowest BCUT2D eigenvalue weighted by molar-refractivity contribution is -0.138. The van der Waals surface area contributed by atoms with Crippen LogP contribution in [0.2, 0.25) is 5.02 Å². The van der Waals surface area contributed by atoms with Gasteiger partial charge < -0.3 is 5.11 Å². The third-order valence-electron chi connectivity index (χ3n) is 2.62. The molecule has 1 N–H and O–H groups in total. The number of carbonyl (C=O) groups is 1. The molecule has 2 nitrogen and oxygen atoms in total. The van der Waals surface area contributed by atoms with Crippen LogP contribution in [-0.2, 0) is 4.79 Å². The Kier molecular flexibility index (Phi) is 3.50. The highest BCUT2D eigenvalue weighted by molar-refractivity contribution is 7.10. The molecule has 1 aromatic rings. The summed E-state index contributed by atoms with van der Waals surface area (Å²) in [6.45, 7) is 1.69. The number of halogens is 1. The van der Waals surface area contributed by atoms with Gasteiger partial charge in [-0.25, -0.2) is 0 Å². The van der Waals surface area contributed by atoms with Crippen LogP contribution in [0.1, 0.15) is 17.7 Å². The van der Waals surface area contributed by atoms with E-state index >= 15 is 0 Å². The average Bonchev–Trinajstić information content (AvgIpc) is 2.78. The lowest BCUT2D eigenvalue weighted by Gasteiger charge is -2.01. The molecule has 0 saturated heterocycles. The molecular weight excluding hydrogens is 256 g/mol. The molecule has 1 heterocycles. The topological polar surface area (TPSA) is 37.3 Å². The largest absolute Gasteiger partial charge is 0.481 e. The molecule has 0 bridgehead atoms. The highest BCUT2D eigenvalue weighted by Gasteiger charge is 2.13. The van der Waals surface area contributed by atoms with Crippen LogP contribution < -0.4 is 0 Å². The molecule has 1 atom stereocenters. The molecule has 0 radical (unpaired) electrons. The van der Waals surface area contributed by atoms with Crippen molar-refractivity contribution in [2.75, 3.05) is 0 Å². The Morgan fingerprint density at radius 2 is 2.18 bits per heavy atom. The monoisotopic (exact) mass is 266 g/mol. The van der Waals surface area contributed by atoms with Crippen LogP contribution in [0.5, 0.6) is 0 Å². The first-order valence-electron chi connectivity index (χ1n) is 5.15. The maximum Gasteiger partial charge on any atom is 0.311 e. The Hall–Kier alpha value is -1.32. The van der Waals surface area contributed by atoms with Crippen molar-refractivity contribution in [3.05, 3.63) is 56.0 Å². The number of rotatable bonds is 2. The Balaban J connectivity index is 0.000000134. The van der Waals surface area contributed by atoms with E-state index in [0.717, 1.165) is 9.90 Å². The first-order valence-corrected chi connectivity index (χ1v) is 6.41. The predicted octanol–water partition coefficient (Wildman–Crippen LogP) is 3.88. The summed E-state index contributed by atoms with van der Waals surface area (Å²) in [6, 6.07) is 9.75. The van der Waals surface area contributed by atoms with E-state index in [2.05, 4.69) is 6.07 Å². The van der Waals surface area contributed by atoms with Gasteiger partial charge in [-0.15, -0.1) is 11.3 Å². The van der Waals surface area contributed by atoms with Gasteiger partial charge in [0.2, 0.25) is 0 Å². The fourth-order valence-electron chi connectivity index (χ4n) is 1.40. The van der Waals surface area contributed by atoms with E-state index < -0.39 is 5.97 Å². The van der Waals surface area contributed by atoms with Gasteiger partial charge in [0.15, 0.2) is 0 Å². The maximum atomic E-state index is 10.4. The van der Waals surface area contributed by atoms with Crippen LogP contribution in [0.3, 0.4) is 0 Å². The van der Waals surface area contributed by atoms with Gasteiger partial charge in [-0.05, 0) is 29.7 Å². The summed E-state index contributed by atoms with van der Waals surface area (Å²) in [4.78, 5) is 11.3. The van der Waals surface area contributed by atoms with Crippen molar-refractivity contribution >= 4 is 28.9 Å². The van der Waals surface area contributed by atoms with E-state index in [1.54, 1.807) is 6.92 Å². The Morgan fingerprint density at radius 3 is 2.41 bits per heavy atom. The summed E-state index contributed by atoms with van der Waals surface area (Å²) in [5, 5.41) is 13.9. The molecule has 4 heteroatoms. The van der Waals surface area contributed by atoms with Crippen LogP contribution >= 0.6 is 22.9 Å². The summed E-state index contributed by atoms with van der Waals surface area (Å²) >= 11 is 7.08. The average molecular weight is 267 g/mol. The zero-order valence-corrected chi connectivity index (χ0v) is 10.8. The van der Waals surface area contributed by atoms with Crippen molar-refractivity contribution in [2.24, 2.45) is 0 Å². The minimum Gasteiger partial charge on any atom is -0.481 e. The van der Waals surface area contributed by atoms with Gasteiger partial charge in [-0.3, -0.25) is 4.79 Å². The van der Waals surface area contributed by atoms with Gasteiger partial charge in [-0.1, -0.05) is 29.8 Å². The van der Waals surface area contributed by atoms with Crippen molar-refractivity contribution in [3.63, 3.8) is 0 Å². The second-order valence-corrected chi connectivity index (χ2v) is 5.16.